The summed E-state index contributed by atoms with van der Waals surface area (Å²) in [5.74, 6) is 1.51. The van der Waals surface area contributed by atoms with Gasteiger partial charge in [-0.05, 0) is 62.7 Å². The molecule has 152 valence electrons. The molecule has 0 saturated heterocycles. The van der Waals surface area contributed by atoms with Crippen molar-refractivity contribution < 1.29 is 9.59 Å². The minimum absolute atomic E-state index is 0.0471. The van der Waals surface area contributed by atoms with Gasteiger partial charge in [0.2, 0.25) is 5.91 Å². The standard InChI is InChI=1S/C21H29ClN4O2/c1-12(27)25-21-8-13-6-14(9-21)18(15(7-13)10-21)24-20(28)17-11-23-26(19(17)22)16-4-2-3-5-16/h11,13-16,18H,2-10H2,1H3,(H,24,28)(H,25,27)/t13?,14-,15+,18?,21?. The highest BCUT2D eigenvalue weighted by atomic mass is 35.5. The van der Waals surface area contributed by atoms with E-state index in [1.165, 1.54) is 12.8 Å². The van der Waals surface area contributed by atoms with Crippen molar-refractivity contribution in [2.24, 2.45) is 17.8 Å². The molecular weight excluding hydrogens is 376 g/mol. The molecule has 0 aromatic carbocycles. The van der Waals surface area contributed by atoms with Gasteiger partial charge in [0.1, 0.15) is 5.15 Å². The van der Waals surface area contributed by atoms with E-state index in [0.717, 1.165) is 44.9 Å². The molecule has 1 heterocycles. The summed E-state index contributed by atoms with van der Waals surface area (Å²) in [6.07, 6.45) is 11.5. The van der Waals surface area contributed by atoms with Gasteiger partial charge in [-0.1, -0.05) is 24.4 Å². The van der Waals surface area contributed by atoms with Crippen molar-refractivity contribution in [1.29, 1.82) is 0 Å². The quantitative estimate of drug-likeness (QED) is 0.806. The molecule has 5 aliphatic carbocycles. The van der Waals surface area contributed by atoms with Crippen LogP contribution in [0.3, 0.4) is 0 Å². The van der Waals surface area contributed by atoms with Crippen LogP contribution < -0.4 is 10.6 Å². The molecule has 6 nitrogen and oxygen atoms in total. The molecule has 0 aliphatic heterocycles. The molecular formula is C21H29ClN4O2. The first kappa shape index (κ1) is 18.5. The zero-order valence-electron chi connectivity index (χ0n) is 16.4. The number of carbonyl (C=O) groups is 2. The molecule has 1 aromatic rings. The van der Waals surface area contributed by atoms with Gasteiger partial charge in [-0.3, -0.25) is 14.3 Å². The van der Waals surface area contributed by atoms with Crippen molar-refractivity contribution >= 4 is 23.4 Å². The van der Waals surface area contributed by atoms with E-state index in [1.807, 2.05) is 4.68 Å². The maximum atomic E-state index is 13.0. The van der Waals surface area contributed by atoms with Crippen LogP contribution in [-0.4, -0.2) is 33.2 Å². The third kappa shape index (κ3) is 3.04. The van der Waals surface area contributed by atoms with Crippen molar-refractivity contribution in [2.45, 2.75) is 82.3 Å². The molecule has 2 N–H and O–H groups in total. The fourth-order valence-electron chi connectivity index (χ4n) is 6.92. The first-order valence-corrected chi connectivity index (χ1v) is 11.1. The summed E-state index contributed by atoms with van der Waals surface area (Å²) in [5, 5.41) is 11.5. The van der Waals surface area contributed by atoms with Gasteiger partial charge < -0.3 is 10.6 Å². The lowest BCUT2D eigenvalue weighted by atomic mass is 9.51. The van der Waals surface area contributed by atoms with Gasteiger partial charge in [0, 0.05) is 18.5 Å². The van der Waals surface area contributed by atoms with Crippen molar-refractivity contribution in [3.63, 3.8) is 0 Å². The number of nitrogens with one attached hydrogen (secondary N) is 2. The van der Waals surface area contributed by atoms with Gasteiger partial charge in [-0.15, -0.1) is 0 Å². The van der Waals surface area contributed by atoms with Crippen LogP contribution in [0, 0.1) is 17.8 Å². The molecule has 5 atom stereocenters. The van der Waals surface area contributed by atoms with Gasteiger partial charge in [0.05, 0.1) is 17.8 Å². The number of halogens is 1. The second kappa shape index (κ2) is 6.75. The Morgan fingerprint density at radius 2 is 1.86 bits per heavy atom. The summed E-state index contributed by atoms with van der Waals surface area (Å²) in [5.41, 5.74) is 0.452. The minimum Gasteiger partial charge on any atom is -0.351 e. The molecule has 5 aliphatic rings. The summed E-state index contributed by atoms with van der Waals surface area (Å²) in [6.45, 7) is 1.61. The Morgan fingerprint density at radius 1 is 1.18 bits per heavy atom. The predicted octanol–water partition coefficient (Wildman–Crippen LogP) is 3.46. The van der Waals surface area contributed by atoms with Crippen molar-refractivity contribution in [3.05, 3.63) is 16.9 Å². The third-order valence-corrected chi connectivity index (χ3v) is 8.04. The lowest BCUT2D eigenvalue weighted by molar-refractivity contribution is -0.125. The molecule has 5 saturated carbocycles. The van der Waals surface area contributed by atoms with Gasteiger partial charge in [0.15, 0.2) is 0 Å². The van der Waals surface area contributed by atoms with Crippen LogP contribution in [0.2, 0.25) is 5.15 Å². The number of carbonyl (C=O) groups excluding carboxylic acids is 2. The minimum atomic E-state index is -0.0969. The Morgan fingerprint density at radius 3 is 2.50 bits per heavy atom. The largest absolute Gasteiger partial charge is 0.351 e. The van der Waals surface area contributed by atoms with Crippen LogP contribution >= 0.6 is 11.6 Å². The molecule has 0 radical (unpaired) electrons. The number of hydrogen-bond acceptors (Lipinski definition) is 3. The van der Waals surface area contributed by atoms with Gasteiger partial charge in [-0.2, -0.15) is 5.10 Å². The average Bonchev–Trinajstić information content (AvgIpc) is 3.25. The summed E-state index contributed by atoms with van der Waals surface area (Å²) in [4.78, 5) is 24.7. The Labute approximate surface area is 170 Å². The van der Waals surface area contributed by atoms with Gasteiger partial charge in [0.25, 0.3) is 5.91 Å². The number of hydrogen-bond donors (Lipinski definition) is 2. The van der Waals surface area contributed by atoms with E-state index in [2.05, 4.69) is 15.7 Å². The number of rotatable bonds is 4. The van der Waals surface area contributed by atoms with E-state index in [9.17, 15) is 9.59 Å². The molecule has 7 heteroatoms. The fourth-order valence-corrected chi connectivity index (χ4v) is 7.23. The highest BCUT2D eigenvalue weighted by molar-refractivity contribution is 6.32. The van der Waals surface area contributed by atoms with Crippen LogP contribution in [0.5, 0.6) is 0 Å². The second-order valence-electron chi connectivity index (χ2n) is 9.66. The molecule has 28 heavy (non-hydrogen) atoms. The van der Waals surface area contributed by atoms with Crippen LogP contribution in [0.15, 0.2) is 6.20 Å². The Kier molecular flexibility index (Phi) is 4.45. The van der Waals surface area contributed by atoms with E-state index < -0.39 is 0 Å². The second-order valence-corrected chi connectivity index (χ2v) is 10.0. The fraction of sp³-hybridized carbons (Fsp3) is 0.762. The summed E-state index contributed by atoms with van der Waals surface area (Å²) >= 11 is 6.54. The highest BCUT2D eigenvalue weighted by Crippen LogP contribution is 2.55. The van der Waals surface area contributed by atoms with Crippen LogP contribution in [-0.2, 0) is 4.79 Å². The summed E-state index contributed by atoms with van der Waals surface area (Å²) in [7, 11) is 0. The topological polar surface area (TPSA) is 76.0 Å². The number of aromatic nitrogens is 2. The van der Waals surface area contributed by atoms with Crippen molar-refractivity contribution in [1.82, 2.24) is 20.4 Å². The van der Waals surface area contributed by atoms with E-state index in [1.54, 1.807) is 13.1 Å². The zero-order valence-corrected chi connectivity index (χ0v) is 17.2. The molecule has 0 spiro atoms. The van der Waals surface area contributed by atoms with Crippen molar-refractivity contribution in [2.75, 3.05) is 0 Å². The first-order valence-electron chi connectivity index (χ1n) is 10.8. The maximum absolute atomic E-state index is 13.0. The Bertz CT molecular complexity index is 784. The third-order valence-electron chi connectivity index (χ3n) is 7.66. The molecule has 3 unspecified atom stereocenters. The lowest BCUT2D eigenvalue weighted by Gasteiger charge is -2.60. The lowest BCUT2D eigenvalue weighted by Crippen LogP contribution is -2.66. The van der Waals surface area contributed by atoms with E-state index in [0.29, 0.717) is 34.5 Å². The predicted molar refractivity (Wildman–Crippen MR) is 106 cm³/mol. The van der Waals surface area contributed by atoms with Gasteiger partial charge >= 0.3 is 0 Å². The maximum Gasteiger partial charge on any atom is 0.256 e. The number of amides is 2. The summed E-state index contributed by atoms with van der Waals surface area (Å²) in [6, 6.07) is 0.504. The van der Waals surface area contributed by atoms with Gasteiger partial charge in [-0.25, -0.2) is 0 Å². The van der Waals surface area contributed by atoms with Crippen LogP contribution in [0.1, 0.15) is 81.1 Å². The first-order chi connectivity index (χ1) is 13.4. The Hall–Kier alpha value is -1.56. The van der Waals surface area contributed by atoms with E-state index in [-0.39, 0.29) is 23.4 Å². The highest BCUT2D eigenvalue weighted by Gasteiger charge is 2.56. The van der Waals surface area contributed by atoms with Crippen LogP contribution in [0.4, 0.5) is 0 Å². The molecule has 1 aromatic heterocycles. The monoisotopic (exact) mass is 404 g/mol. The average molecular weight is 405 g/mol. The summed E-state index contributed by atoms with van der Waals surface area (Å²) < 4.78 is 1.84. The SMILES string of the molecule is CC(=O)NC12CC3C[C@H](C1)C(NC(=O)c1cnn(C4CCCC4)c1Cl)[C@@H](C3)C2. The molecule has 5 fully saturated rings. The van der Waals surface area contributed by atoms with E-state index in [4.69, 9.17) is 11.6 Å². The van der Waals surface area contributed by atoms with E-state index >= 15 is 0 Å². The molecule has 6 rings (SSSR count). The smallest absolute Gasteiger partial charge is 0.256 e. The van der Waals surface area contributed by atoms with Crippen LogP contribution in [0.25, 0.3) is 0 Å². The van der Waals surface area contributed by atoms with Crippen molar-refractivity contribution in [3.8, 4) is 0 Å². The Balaban J connectivity index is 1.31. The number of nitrogens with zero attached hydrogens (tertiary/aromatic N) is 2. The normalized spacial score (nSPS) is 36.6. The molecule has 4 bridgehead atoms. The molecule has 2 amide bonds. The zero-order chi connectivity index (χ0) is 19.5.